The zero-order valence-electron chi connectivity index (χ0n) is 17.2. The highest BCUT2D eigenvalue weighted by atomic mass is 32.2. The van der Waals surface area contributed by atoms with Crippen LogP contribution >= 0.6 is 0 Å². The summed E-state index contributed by atoms with van der Waals surface area (Å²) in [6, 6.07) is 11.7. The minimum Gasteiger partial charge on any atom is -0.349 e. The van der Waals surface area contributed by atoms with Crippen LogP contribution in [0.3, 0.4) is 0 Å². The van der Waals surface area contributed by atoms with E-state index in [1.165, 1.54) is 24.3 Å². The molecule has 0 saturated heterocycles. The second-order valence-corrected chi connectivity index (χ2v) is 9.36. The van der Waals surface area contributed by atoms with Gasteiger partial charge >= 0.3 is 0 Å². The summed E-state index contributed by atoms with van der Waals surface area (Å²) < 4.78 is 36.9. The number of carbonyl (C=O) groups excluding carboxylic acids is 2. The molecule has 2 amide bonds. The molecule has 162 valence electrons. The molecule has 6 nitrogen and oxygen atoms in total. The fourth-order valence-corrected chi connectivity index (χ4v) is 4.14. The van der Waals surface area contributed by atoms with Crippen LogP contribution in [0.4, 0.5) is 10.1 Å². The zero-order valence-corrected chi connectivity index (χ0v) is 18.0. The largest absolute Gasteiger partial charge is 0.349 e. The fourth-order valence-electron chi connectivity index (χ4n) is 2.87. The number of rotatable bonds is 10. The van der Waals surface area contributed by atoms with Gasteiger partial charge in [-0.1, -0.05) is 31.9 Å². The summed E-state index contributed by atoms with van der Waals surface area (Å²) in [6.45, 7) is 3.74. The first-order valence-electron chi connectivity index (χ1n) is 9.87. The lowest BCUT2D eigenvalue weighted by Gasteiger charge is -2.15. The van der Waals surface area contributed by atoms with Crippen molar-refractivity contribution < 1.29 is 22.4 Å². The summed E-state index contributed by atoms with van der Waals surface area (Å²) in [5, 5.41) is 5.41. The third-order valence-corrected chi connectivity index (χ3v) is 6.18. The Hall–Kier alpha value is -2.74. The van der Waals surface area contributed by atoms with Crippen molar-refractivity contribution in [3.8, 4) is 0 Å². The Balaban J connectivity index is 1.89. The van der Waals surface area contributed by atoms with Gasteiger partial charge in [-0.25, -0.2) is 12.8 Å². The minimum absolute atomic E-state index is 0.0189. The maximum Gasteiger partial charge on any atom is 0.255 e. The normalized spacial score (nSPS) is 12.2. The Morgan fingerprint density at radius 3 is 2.23 bits per heavy atom. The molecule has 0 bridgehead atoms. The number of halogens is 1. The highest BCUT2D eigenvalue weighted by molar-refractivity contribution is 7.92. The van der Waals surface area contributed by atoms with Crippen LogP contribution in [0.2, 0.25) is 0 Å². The van der Waals surface area contributed by atoms with Gasteiger partial charge in [-0.15, -0.1) is 0 Å². The van der Waals surface area contributed by atoms with Crippen LogP contribution in [0.15, 0.2) is 48.5 Å². The number of nitrogens with one attached hydrogen (secondary N) is 2. The van der Waals surface area contributed by atoms with Gasteiger partial charge in [0.05, 0.1) is 11.8 Å². The predicted molar refractivity (Wildman–Crippen MR) is 116 cm³/mol. The molecule has 0 radical (unpaired) electrons. The van der Waals surface area contributed by atoms with Gasteiger partial charge in [0.15, 0.2) is 9.84 Å². The summed E-state index contributed by atoms with van der Waals surface area (Å²) in [5.41, 5.74) is 1.65. The second kappa shape index (κ2) is 10.9. The molecule has 1 unspecified atom stereocenters. The van der Waals surface area contributed by atoms with Gasteiger partial charge in [-0.3, -0.25) is 9.59 Å². The maximum absolute atomic E-state index is 13.0. The second-order valence-electron chi connectivity index (χ2n) is 7.17. The van der Waals surface area contributed by atoms with E-state index in [1.807, 2.05) is 6.92 Å². The van der Waals surface area contributed by atoms with Crippen molar-refractivity contribution in [3.05, 3.63) is 65.5 Å². The molecule has 0 heterocycles. The smallest absolute Gasteiger partial charge is 0.255 e. The molecule has 0 saturated carbocycles. The number of benzene rings is 2. The summed E-state index contributed by atoms with van der Waals surface area (Å²) in [6.07, 6.45) is 2.30. The van der Waals surface area contributed by atoms with E-state index in [9.17, 15) is 22.4 Å². The summed E-state index contributed by atoms with van der Waals surface area (Å²) >= 11 is 0. The molecule has 2 rings (SSSR count). The van der Waals surface area contributed by atoms with Crippen molar-refractivity contribution in [2.75, 3.05) is 16.8 Å². The average molecular weight is 435 g/mol. The SMILES string of the molecule is CCCCCS(=O)(=O)CC(=O)NC(C)c1ccc(NC(=O)c2ccc(F)cc2)cc1. The predicted octanol–water partition coefficient (Wildman–Crippen LogP) is 3.86. The lowest BCUT2D eigenvalue weighted by atomic mass is 10.1. The summed E-state index contributed by atoms with van der Waals surface area (Å²) in [5.74, 6) is -1.82. The molecule has 0 spiro atoms. The van der Waals surface area contributed by atoms with Gasteiger partial charge < -0.3 is 10.6 Å². The quantitative estimate of drug-likeness (QED) is 0.556. The Kier molecular flexibility index (Phi) is 8.53. The van der Waals surface area contributed by atoms with Crippen LogP contribution in [0.5, 0.6) is 0 Å². The first-order valence-corrected chi connectivity index (χ1v) is 11.7. The van der Waals surface area contributed by atoms with Crippen LogP contribution in [0.1, 0.15) is 55.1 Å². The monoisotopic (exact) mass is 434 g/mol. The molecule has 1 atom stereocenters. The van der Waals surface area contributed by atoms with Crippen molar-refractivity contribution in [2.24, 2.45) is 0 Å². The molecule has 2 aromatic carbocycles. The Labute approximate surface area is 176 Å². The lowest BCUT2D eigenvalue weighted by Crippen LogP contribution is -2.33. The van der Waals surface area contributed by atoms with E-state index in [4.69, 9.17) is 0 Å². The van der Waals surface area contributed by atoms with E-state index in [1.54, 1.807) is 31.2 Å². The maximum atomic E-state index is 13.0. The number of unbranched alkanes of at least 4 members (excludes halogenated alkanes) is 2. The number of carbonyl (C=O) groups is 2. The van der Waals surface area contributed by atoms with Gasteiger partial charge in [0.1, 0.15) is 11.6 Å². The van der Waals surface area contributed by atoms with Crippen LogP contribution in [0, 0.1) is 5.82 Å². The van der Waals surface area contributed by atoms with Crippen molar-refractivity contribution >= 4 is 27.3 Å². The summed E-state index contributed by atoms with van der Waals surface area (Å²) in [7, 11) is -3.41. The topological polar surface area (TPSA) is 92.3 Å². The zero-order chi connectivity index (χ0) is 22.1. The molecule has 0 aliphatic carbocycles. The van der Waals surface area contributed by atoms with E-state index in [0.717, 1.165) is 18.4 Å². The molecule has 0 aromatic heterocycles. The molecule has 0 aliphatic rings. The number of hydrogen-bond donors (Lipinski definition) is 2. The average Bonchev–Trinajstić information content (AvgIpc) is 2.68. The molecule has 2 N–H and O–H groups in total. The Morgan fingerprint density at radius 2 is 1.63 bits per heavy atom. The minimum atomic E-state index is -3.41. The van der Waals surface area contributed by atoms with E-state index < -0.39 is 27.3 Å². The van der Waals surface area contributed by atoms with Gasteiger partial charge in [-0.2, -0.15) is 0 Å². The number of sulfone groups is 1. The van der Waals surface area contributed by atoms with Crippen molar-refractivity contribution in [1.82, 2.24) is 5.32 Å². The molecule has 0 aliphatic heterocycles. The molecular formula is C22H27FN2O4S. The number of amides is 2. The first-order chi connectivity index (χ1) is 14.2. The van der Waals surface area contributed by atoms with E-state index in [2.05, 4.69) is 10.6 Å². The molecule has 30 heavy (non-hydrogen) atoms. The van der Waals surface area contributed by atoms with Gasteiger partial charge in [-0.05, 0) is 55.3 Å². The lowest BCUT2D eigenvalue weighted by molar-refractivity contribution is -0.119. The Morgan fingerprint density at radius 1 is 1.00 bits per heavy atom. The Bertz CT molecular complexity index is 958. The highest BCUT2D eigenvalue weighted by Crippen LogP contribution is 2.17. The van der Waals surface area contributed by atoms with E-state index in [-0.39, 0.29) is 17.7 Å². The number of hydrogen-bond acceptors (Lipinski definition) is 4. The molecule has 8 heteroatoms. The van der Waals surface area contributed by atoms with Gasteiger partial charge in [0.2, 0.25) is 5.91 Å². The van der Waals surface area contributed by atoms with E-state index >= 15 is 0 Å². The van der Waals surface area contributed by atoms with Crippen molar-refractivity contribution in [1.29, 1.82) is 0 Å². The van der Waals surface area contributed by atoms with Crippen LogP contribution in [-0.2, 0) is 14.6 Å². The van der Waals surface area contributed by atoms with Gasteiger partial charge in [0.25, 0.3) is 5.91 Å². The summed E-state index contributed by atoms with van der Waals surface area (Å²) in [4.78, 5) is 24.3. The highest BCUT2D eigenvalue weighted by Gasteiger charge is 2.18. The fraction of sp³-hybridized carbons (Fsp3) is 0.364. The van der Waals surface area contributed by atoms with Crippen LogP contribution in [0.25, 0.3) is 0 Å². The third kappa shape index (κ3) is 7.59. The first kappa shape index (κ1) is 23.5. The van der Waals surface area contributed by atoms with Crippen LogP contribution < -0.4 is 10.6 Å². The molecule has 0 fully saturated rings. The van der Waals surface area contributed by atoms with Crippen molar-refractivity contribution in [3.63, 3.8) is 0 Å². The number of anilines is 1. The standard InChI is InChI=1S/C22H27FN2O4S/c1-3-4-5-14-30(28,29)15-21(26)24-16(2)17-8-12-20(13-9-17)25-22(27)18-6-10-19(23)11-7-18/h6-13,16H,3-5,14-15H2,1-2H3,(H,24,26)(H,25,27). The van der Waals surface area contributed by atoms with Crippen molar-refractivity contribution in [2.45, 2.75) is 39.2 Å². The van der Waals surface area contributed by atoms with Gasteiger partial charge in [0, 0.05) is 11.3 Å². The molecular weight excluding hydrogens is 407 g/mol. The van der Waals surface area contributed by atoms with Crippen LogP contribution in [-0.4, -0.2) is 31.7 Å². The van der Waals surface area contributed by atoms with E-state index in [0.29, 0.717) is 17.7 Å². The third-order valence-electron chi connectivity index (χ3n) is 4.56. The molecule has 2 aromatic rings.